The quantitative estimate of drug-likeness (QED) is 0.755. The largest absolute Gasteiger partial charge is 0.454 e. The molecule has 1 aliphatic rings. The summed E-state index contributed by atoms with van der Waals surface area (Å²) in [5, 5.41) is 9.19. The van der Waals surface area contributed by atoms with Crippen LogP contribution in [-0.2, 0) is 0 Å². The maximum Gasteiger partial charge on any atom is 0.231 e. The Hall–Kier alpha value is -1.29. The molecule has 1 aromatic rings. The number of aliphatic hydroxyl groups is 1. The van der Waals surface area contributed by atoms with Crippen molar-refractivity contribution in [2.45, 2.75) is 6.10 Å². The van der Waals surface area contributed by atoms with Gasteiger partial charge in [-0.1, -0.05) is 6.07 Å². The Morgan fingerprint density at radius 2 is 2.15 bits per heavy atom. The van der Waals surface area contributed by atoms with Gasteiger partial charge >= 0.3 is 0 Å². The van der Waals surface area contributed by atoms with Crippen LogP contribution in [0.3, 0.4) is 0 Å². The van der Waals surface area contributed by atoms with Crippen LogP contribution in [0.4, 0.5) is 4.39 Å². The Morgan fingerprint density at radius 3 is 2.92 bits per heavy atom. The summed E-state index contributed by atoms with van der Waals surface area (Å²) in [5.74, 6) is 1.19. The second kappa shape index (κ2) is 3.22. The summed E-state index contributed by atoms with van der Waals surface area (Å²) in [4.78, 5) is 0. The number of rotatable bonds is 2. The zero-order valence-corrected chi connectivity index (χ0v) is 6.87. The molecule has 2 rings (SSSR count). The van der Waals surface area contributed by atoms with Gasteiger partial charge < -0.3 is 14.6 Å². The van der Waals surface area contributed by atoms with Crippen LogP contribution < -0.4 is 9.47 Å². The van der Waals surface area contributed by atoms with Crippen molar-refractivity contribution in [2.24, 2.45) is 0 Å². The number of hydrogen-bond acceptors (Lipinski definition) is 3. The highest BCUT2D eigenvalue weighted by atomic mass is 19.1. The van der Waals surface area contributed by atoms with E-state index in [-0.39, 0.29) is 6.79 Å². The van der Waals surface area contributed by atoms with Gasteiger partial charge in [0.2, 0.25) is 6.79 Å². The standard InChI is InChI=1S/C9H9FO3/c10-4-7(11)6-1-2-8-9(3-6)13-5-12-8/h1-3,7,11H,4-5H2/t7-/m1/s1. The van der Waals surface area contributed by atoms with E-state index < -0.39 is 12.8 Å². The summed E-state index contributed by atoms with van der Waals surface area (Å²) in [6, 6.07) is 4.88. The number of aliphatic hydroxyl groups excluding tert-OH is 1. The Morgan fingerprint density at radius 1 is 1.38 bits per heavy atom. The summed E-state index contributed by atoms with van der Waals surface area (Å²) in [6.45, 7) is -0.607. The van der Waals surface area contributed by atoms with Crippen molar-refractivity contribution in [3.63, 3.8) is 0 Å². The van der Waals surface area contributed by atoms with Gasteiger partial charge in [0.05, 0.1) is 0 Å². The molecule has 0 amide bonds. The van der Waals surface area contributed by atoms with Gasteiger partial charge in [-0.3, -0.25) is 0 Å². The van der Waals surface area contributed by atoms with E-state index in [4.69, 9.17) is 9.47 Å². The van der Waals surface area contributed by atoms with Crippen molar-refractivity contribution < 1.29 is 19.0 Å². The Balaban J connectivity index is 2.30. The summed E-state index contributed by atoms with van der Waals surface area (Å²) >= 11 is 0. The van der Waals surface area contributed by atoms with Crippen LogP contribution >= 0.6 is 0 Å². The average molecular weight is 184 g/mol. The number of fused-ring (bicyclic) bond motifs is 1. The van der Waals surface area contributed by atoms with Gasteiger partial charge in [-0.05, 0) is 17.7 Å². The van der Waals surface area contributed by atoms with E-state index in [9.17, 15) is 9.50 Å². The Kier molecular flexibility index (Phi) is 2.06. The lowest BCUT2D eigenvalue weighted by Crippen LogP contribution is -1.98. The highest BCUT2D eigenvalue weighted by molar-refractivity contribution is 5.45. The fraction of sp³-hybridized carbons (Fsp3) is 0.333. The van der Waals surface area contributed by atoms with E-state index in [1.165, 1.54) is 0 Å². The van der Waals surface area contributed by atoms with Crippen LogP contribution in [-0.4, -0.2) is 18.6 Å². The van der Waals surface area contributed by atoms with E-state index in [2.05, 4.69) is 0 Å². The minimum Gasteiger partial charge on any atom is -0.454 e. The second-order valence-electron chi connectivity index (χ2n) is 2.78. The van der Waals surface area contributed by atoms with E-state index >= 15 is 0 Å². The fourth-order valence-corrected chi connectivity index (χ4v) is 1.21. The third-order valence-electron chi connectivity index (χ3n) is 1.93. The number of hydrogen-bond donors (Lipinski definition) is 1. The van der Waals surface area contributed by atoms with Gasteiger partial charge in [-0.15, -0.1) is 0 Å². The molecular formula is C9H9FO3. The van der Waals surface area contributed by atoms with Crippen molar-refractivity contribution in [3.8, 4) is 11.5 Å². The molecule has 1 aromatic carbocycles. The normalized spacial score (nSPS) is 15.8. The van der Waals surface area contributed by atoms with Crippen LogP contribution in [0.15, 0.2) is 18.2 Å². The Bertz CT molecular complexity index is 314. The molecule has 4 heteroatoms. The molecule has 0 bridgehead atoms. The molecule has 0 aliphatic carbocycles. The average Bonchev–Trinajstić information content (AvgIpc) is 2.63. The monoisotopic (exact) mass is 184 g/mol. The van der Waals surface area contributed by atoms with Crippen molar-refractivity contribution in [2.75, 3.05) is 13.5 Å². The van der Waals surface area contributed by atoms with Crippen LogP contribution in [0.2, 0.25) is 0 Å². The zero-order valence-electron chi connectivity index (χ0n) is 6.87. The first-order valence-corrected chi connectivity index (χ1v) is 3.95. The van der Waals surface area contributed by atoms with E-state index in [0.29, 0.717) is 17.1 Å². The number of ether oxygens (including phenoxy) is 2. The third kappa shape index (κ3) is 1.45. The van der Waals surface area contributed by atoms with Crippen LogP contribution in [0.1, 0.15) is 11.7 Å². The van der Waals surface area contributed by atoms with E-state index in [0.717, 1.165) is 0 Å². The maximum atomic E-state index is 12.1. The summed E-state index contributed by atoms with van der Waals surface area (Å²) in [7, 11) is 0. The molecule has 0 saturated heterocycles. The molecule has 0 fully saturated rings. The fourth-order valence-electron chi connectivity index (χ4n) is 1.21. The van der Waals surface area contributed by atoms with Crippen molar-refractivity contribution in [3.05, 3.63) is 23.8 Å². The minimum absolute atomic E-state index is 0.185. The lowest BCUT2D eigenvalue weighted by atomic mass is 10.1. The first kappa shape index (κ1) is 8.31. The predicted molar refractivity (Wildman–Crippen MR) is 43.5 cm³/mol. The molecule has 1 N–H and O–H groups in total. The molecule has 1 heterocycles. The van der Waals surface area contributed by atoms with E-state index in [1.807, 2.05) is 0 Å². The molecule has 0 saturated carbocycles. The predicted octanol–water partition coefficient (Wildman–Crippen LogP) is 1.42. The van der Waals surface area contributed by atoms with Crippen LogP contribution in [0.25, 0.3) is 0 Å². The zero-order chi connectivity index (χ0) is 9.26. The van der Waals surface area contributed by atoms with Crippen LogP contribution in [0.5, 0.6) is 11.5 Å². The molecule has 0 aromatic heterocycles. The minimum atomic E-state index is -1.07. The van der Waals surface area contributed by atoms with E-state index in [1.54, 1.807) is 18.2 Å². The van der Waals surface area contributed by atoms with Gasteiger partial charge in [-0.2, -0.15) is 0 Å². The molecule has 3 nitrogen and oxygen atoms in total. The Labute approximate surface area is 74.7 Å². The van der Waals surface area contributed by atoms with Gasteiger partial charge in [0, 0.05) is 0 Å². The highest BCUT2D eigenvalue weighted by Gasteiger charge is 2.16. The molecule has 70 valence electrons. The molecule has 0 radical (unpaired) electrons. The smallest absolute Gasteiger partial charge is 0.231 e. The van der Waals surface area contributed by atoms with Crippen molar-refractivity contribution >= 4 is 0 Å². The summed E-state index contributed by atoms with van der Waals surface area (Å²) in [6.07, 6.45) is -1.07. The van der Waals surface area contributed by atoms with Crippen molar-refractivity contribution in [1.29, 1.82) is 0 Å². The highest BCUT2D eigenvalue weighted by Crippen LogP contribution is 2.34. The number of alkyl halides is 1. The SMILES string of the molecule is O[C@H](CF)c1ccc2c(c1)OCO2. The first-order chi connectivity index (χ1) is 6.31. The molecule has 0 unspecified atom stereocenters. The molecule has 1 atom stereocenters. The second-order valence-corrected chi connectivity index (χ2v) is 2.78. The lowest BCUT2D eigenvalue weighted by molar-refractivity contribution is 0.141. The topological polar surface area (TPSA) is 38.7 Å². The summed E-state index contributed by atoms with van der Waals surface area (Å²) in [5.41, 5.74) is 0.506. The summed E-state index contributed by atoms with van der Waals surface area (Å²) < 4.78 is 22.2. The van der Waals surface area contributed by atoms with Gasteiger partial charge in [0.25, 0.3) is 0 Å². The third-order valence-corrected chi connectivity index (χ3v) is 1.93. The van der Waals surface area contributed by atoms with Gasteiger partial charge in [0.15, 0.2) is 11.5 Å². The number of halogens is 1. The molecular weight excluding hydrogens is 175 g/mol. The maximum absolute atomic E-state index is 12.1. The van der Waals surface area contributed by atoms with Crippen LogP contribution in [0, 0.1) is 0 Å². The van der Waals surface area contributed by atoms with Gasteiger partial charge in [0.1, 0.15) is 12.8 Å². The molecule has 1 aliphatic heterocycles. The molecule has 13 heavy (non-hydrogen) atoms. The van der Waals surface area contributed by atoms with Crippen molar-refractivity contribution in [1.82, 2.24) is 0 Å². The number of benzene rings is 1. The lowest BCUT2D eigenvalue weighted by Gasteiger charge is -2.06. The first-order valence-electron chi connectivity index (χ1n) is 3.95. The molecule has 0 spiro atoms. The van der Waals surface area contributed by atoms with Gasteiger partial charge in [-0.25, -0.2) is 4.39 Å².